The topological polar surface area (TPSA) is 17.0 Å². The van der Waals surface area contributed by atoms with Crippen LogP contribution in [0, 0.1) is 0 Å². The second kappa shape index (κ2) is 5.66. The molecule has 2 nitrogen and oxygen atoms in total. The van der Waals surface area contributed by atoms with E-state index in [1.165, 1.54) is 14.9 Å². The third-order valence-electron chi connectivity index (χ3n) is 2.43. The zero-order chi connectivity index (χ0) is 11.4. The summed E-state index contributed by atoms with van der Waals surface area (Å²) in [6, 6.07) is 4.33. The van der Waals surface area contributed by atoms with E-state index in [4.69, 9.17) is 0 Å². The molecule has 0 aliphatic heterocycles. The third kappa shape index (κ3) is 3.20. The van der Waals surface area contributed by atoms with Gasteiger partial charge < -0.3 is 9.88 Å². The summed E-state index contributed by atoms with van der Waals surface area (Å²) in [6.07, 6.45) is 4.32. The maximum atomic E-state index is 3.46. The fourth-order valence-corrected chi connectivity index (χ4v) is 2.99. The summed E-state index contributed by atoms with van der Waals surface area (Å²) in [5, 5.41) is 5.56. The molecule has 0 saturated carbocycles. The van der Waals surface area contributed by atoms with E-state index in [-0.39, 0.29) is 0 Å². The molecule has 0 saturated heterocycles. The maximum absolute atomic E-state index is 3.46. The lowest BCUT2D eigenvalue weighted by molar-refractivity contribution is 0.695. The Morgan fingerprint density at radius 3 is 2.94 bits per heavy atom. The Morgan fingerprint density at radius 2 is 2.31 bits per heavy atom. The van der Waals surface area contributed by atoms with Crippen molar-refractivity contribution in [1.29, 1.82) is 0 Å². The Balaban J connectivity index is 1.79. The van der Waals surface area contributed by atoms with Crippen LogP contribution in [0.15, 0.2) is 34.4 Å². The molecule has 0 spiro atoms. The van der Waals surface area contributed by atoms with Crippen molar-refractivity contribution in [2.75, 3.05) is 0 Å². The van der Waals surface area contributed by atoms with Gasteiger partial charge in [0.25, 0.3) is 0 Å². The van der Waals surface area contributed by atoms with Gasteiger partial charge >= 0.3 is 0 Å². The molecular formula is C12H15BrN2S. The van der Waals surface area contributed by atoms with E-state index in [0.29, 0.717) is 0 Å². The minimum Gasteiger partial charge on any atom is -0.354 e. The molecule has 0 aromatic carbocycles. The SMILES string of the molecule is CCn1ccc(CNCc2cc(Br)cs2)c1. The quantitative estimate of drug-likeness (QED) is 0.892. The number of nitrogens with one attached hydrogen (secondary N) is 1. The molecule has 2 aromatic heterocycles. The van der Waals surface area contributed by atoms with E-state index in [9.17, 15) is 0 Å². The highest BCUT2D eigenvalue weighted by Crippen LogP contribution is 2.19. The van der Waals surface area contributed by atoms with Crippen molar-refractivity contribution in [3.8, 4) is 0 Å². The molecule has 0 amide bonds. The predicted octanol–water partition coefficient (Wildman–Crippen LogP) is 3.62. The van der Waals surface area contributed by atoms with Crippen molar-refractivity contribution in [2.45, 2.75) is 26.6 Å². The molecule has 16 heavy (non-hydrogen) atoms. The van der Waals surface area contributed by atoms with Crippen molar-refractivity contribution >= 4 is 27.3 Å². The lowest BCUT2D eigenvalue weighted by atomic mass is 10.3. The average Bonchev–Trinajstić information content (AvgIpc) is 2.88. The van der Waals surface area contributed by atoms with Gasteiger partial charge in [0.1, 0.15) is 0 Å². The predicted molar refractivity (Wildman–Crippen MR) is 72.7 cm³/mol. The molecule has 0 fully saturated rings. The first-order valence-corrected chi connectivity index (χ1v) is 7.03. The lowest BCUT2D eigenvalue weighted by Crippen LogP contribution is -2.11. The van der Waals surface area contributed by atoms with Crippen LogP contribution in [0.3, 0.4) is 0 Å². The first-order valence-electron chi connectivity index (χ1n) is 5.36. The average molecular weight is 299 g/mol. The number of nitrogens with zero attached hydrogens (tertiary/aromatic N) is 1. The summed E-state index contributed by atoms with van der Waals surface area (Å²) >= 11 is 5.24. The van der Waals surface area contributed by atoms with Gasteiger partial charge in [0.15, 0.2) is 0 Å². The van der Waals surface area contributed by atoms with E-state index in [0.717, 1.165) is 19.6 Å². The molecule has 0 radical (unpaired) electrons. The summed E-state index contributed by atoms with van der Waals surface area (Å²) in [5.74, 6) is 0. The highest BCUT2D eigenvalue weighted by atomic mass is 79.9. The fraction of sp³-hybridized carbons (Fsp3) is 0.333. The number of rotatable bonds is 5. The zero-order valence-corrected chi connectivity index (χ0v) is 11.6. The fourth-order valence-electron chi connectivity index (χ4n) is 1.57. The zero-order valence-electron chi connectivity index (χ0n) is 9.24. The largest absolute Gasteiger partial charge is 0.354 e. The summed E-state index contributed by atoms with van der Waals surface area (Å²) in [6.45, 7) is 5.06. The molecule has 0 unspecified atom stereocenters. The van der Waals surface area contributed by atoms with Gasteiger partial charge in [-0.1, -0.05) is 0 Å². The second-order valence-electron chi connectivity index (χ2n) is 3.68. The smallest absolute Gasteiger partial charge is 0.0303 e. The van der Waals surface area contributed by atoms with Gasteiger partial charge in [-0.3, -0.25) is 0 Å². The first kappa shape index (κ1) is 11.9. The maximum Gasteiger partial charge on any atom is 0.0303 e. The lowest BCUT2D eigenvalue weighted by Gasteiger charge is -2.00. The van der Waals surface area contributed by atoms with E-state index < -0.39 is 0 Å². The Hall–Kier alpha value is -0.580. The first-order chi connectivity index (χ1) is 7.78. The van der Waals surface area contributed by atoms with Crippen LogP contribution in [0.1, 0.15) is 17.4 Å². The van der Waals surface area contributed by atoms with Gasteiger partial charge in [0, 0.05) is 46.8 Å². The van der Waals surface area contributed by atoms with E-state index >= 15 is 0 Å². The van der Waals surface area contributed by atoms with Gasteiger partial charge in [-0.05, 0) is 40.5 Å². The number of aryl methyl sites for hydroxylation is 1. The molecular weight excluding hydrogens is 284 g/mol. The molecule has 0 aliphatic carbocycles. The molecule has 0 aliphatic rings. The number of thiophene rings is 1. The van der Waals surface area contributed by atoms with Crippen LogP contribution >= 0.6 is 27.3 Å². The van der Waals surface area contributed by atoms with E-state index in [1.54, 1.807) is 11.3 Å². The standard InChI is InChI=1S/C12H15BrN2S/c1-2-15-4-3-10(8-15)6-14-7-12-5-11(13)9-16-12/h3-5,8-9,14H,2,6-7H2,1H3. The number of hydrogen-bond donors (Lipinski definition) is 1. The Morgan fingerprint density at radius 1 is 1.44 bits per heavy atom. The minimum atomic E-state index is 0.933. The van der Waals surface area contributed by atoms with Gasteiger partial charge in [0.2, 0.25) is 0 Å². The second-order valence-corrected chi connectivity index (χ2v) is 5.60. The van der Waals surface area contributed by atoms with E-state index in [2.05, 4.69) is 62.6 Å². The molecule has 1 N–H and O–H groups in total. The molecule has 0 atom stereocenters. The van der Waals surface area contributed by atoms with Crippen molar-refractivity contribution in [3.05, 3.63) is 44.8 Å². The van der Waals surface area contributed by atoms with E-state index in [1.807, 2.05) is 0 Å². The van der Waals surface area contributed by atoms with Crippen LogP contribution in [-0.4, -0.2) is 4.57 Å². The van der Waals surface area contributed by atoms with Crippen molar-refractivity contribution in [2.24, 2.45) is 0 Å². The van der Waals surface area contributed by atoms with Crippen LogP contribution < -0.4 is 5.32 Å². The Labute approximate surface area is 108 Å². The Kier molecular flexibility index (Phi) is 4.21. The van der Waals surface area contributed by atoms with Crippen molar-refractivity contribution in [1.82, 2.24) is 9.88 Å². The van der Waals surface area contributed by atoms with Crippen LogP contribution in [0.2, 0.25) is 0 Å². The van der Waals surface area contributed by atoms with Crippen LogP contribution in [0.25, 0.3) is 0 Å². The Bertz CT molecular complexity index is 447. The molecule has 2 rings (SSSR count). The highest BCUT2D eigenvalue weighted by Gasteiger charge is 1.98. The van der Waals surface area contributed by atoms with Gasteiger partial charge in [0.05, 0.1) is 0 Å². The molecule has 2 aromatic rings. The highest BCUT2D eigenvalue weighted by molar-refractivity contribution is 9.10. The summed E-state index contributed by atoms with van der Waals surface area (Å²) in [7, 11) is 0. The van der Waals surface area contributed by atoms with Crippen LogP contribution in [0.5, 0.6) is 0 Å². The van der Waals surface area contributed by atoms with Crippen LogP contribution in [0.4, 0.5) is 0 Å². The summed E-state index contributed by atoms with van der Waals surface area (Å²) < 4.78 is 3.37. The molecule has 86 valence electrons. The van der Waals surface area contributed by atoms with Gasteiger partial charge in [-0.25, -0.2) is 0 Å². The van der Waals surface area contributed by atoms with Gasteiger partial charge in [-0.15, -0.1) is 11.3 Å². The van der Waals surface area contributed by atoms with Crippen molar-refractivity contribution < 1.29 is 0 Å². The molecule has 2 heterocycles. The minimum absolute atomic E-state index is 0.933. The number of hydrogen-bond acceptors (Lipinski definition) is 2. The monoisotopic (exact) mass is 298 g/mol. The van der Waals surface area contributed by atoms with Crippen molar-refractivity contribution in [3.63, 3.8) is 0 Å². The molecule has 4 heteroatoms. The summed E-state index contributed by atoms with van der Waals surface area (Å²) in [4.78, 5) is 1.36. The number of aromatic nitrogens is 1. The molecule has 0 bridgehead atoms. The number of halogens is 1. The van der Waals surface area contributed by atoms with Crippen LogP contribution in [-0.2, 0) is 19.6 Å². The summed E-state index contributed by atoms with van der Waals surface area (Å²) in [5.41, 5.74) is 1.34. The van der Waals surface area contributed by atoms with Gasteiger partial charge in [-0.2, -0.15) is 0 Å². The normalized spacial score (nSPS) is 10.9. The third-order valence-corrected chi connectivity index (χ3v) is 4.12.